The minimum Gasteiger partial charge on any atom is -0.389 e. The average molecular weight is 199 g/mol. The van der Waals surface area contributed by atoms with Gasteiger partial charge in [0.1, 0.15) is 0 Å². The van der Waals surface area contributed by atoms with Gasteiger partial charge in [0.25, 0.3) is 0 Å². The maximum Gasteiger partial charge on any atom is 0.0771 e. The number of hydrogen-bond acceptors (Lipinski definition) is 2. The molecule has 14 heavy (non-hydrogen) atoms. The van der Waals surface area contributed by atoms with Gasteiger partial charge in [-0.15, -0.1) is 0 Å². The van der Waals surface area contributed by atoms with Crippen LogP contribution in [-0.4, -0.2) is 23.8 Å². The summed E-state index contributed by atoms with van der Waals surface area (Å²) in [6, 6.07) is 0. The van der Waals surface area contributed by atoms with Gasteiger partial charge in [-0.25, -0.2) is 0 Å². The summed E-state index contributed by atoms with van der Waals surface area (Å²) in [6.45, 7) is 8.06. The molecule has 1 saturated carbocycles. The minimum atomic E-state index is -0.504. The van der Waals surface area contributed by atoms with Crippen LogP contribution in [0.5, 0.6) is 0 Å². The summed E-state index contributed by atoms with van der Waals surface area (Å²) in [4.78, 5) is 0. The third-order valence-electron chi connectivity index (χ3n) is 3.63. The van der Waals surface area contributed by atoms with Crippen molar-refractivity contribution in [1.29, 1.82) is 0 Å². The van der Waals surface area contributed by atoms with Crippen molar-refractivity contribution in [3.63, 3.8) is 0 Å². The Morgan fingerprint density at radius 2 is 1.86 bits per heavy atom. The van der Waals surface area contributed by atoms with Crippen molar-refractivity contribution < 1.29 is 5.11 Å². The first-order valence-corrected chi connectivity index (χ1v) is 5.99. The lowest BCUT2D eigenvalue weighted by molar-refractivity contribution is -0.0196. The second-order valence-corrected chi connectivity index (χ2v) is 5.09. The van der Waals surface area contributed by atoms with Crippen LogP contribution in [0, 0.1) is 11.8 Å². The third-order valence-corrected chi connectivity index (χ3v) is 3.63. The quantitative estimate of drug-likeness (QED) is 0.727. The molecule has 0 radical (unpaired) electrons. The summed E-state index contributed by atoms with van der Waals surface area (Å²) < 4.78 is 0. The smallest absolute Gasteiger partial charge is 0.0771 e. The van der Waals surface area contributed by atoms with E-state index in [0.29, 0.717) is 5.92 Å². The highest BCUT2D eigenvalue weighted by Gasteiger charge is 2.33. The first-order valence-electron chi connectivity index (χ1n) is 5.99. The van der Waals surface area contributed by atoms with Crippen LogP contribution in [0.4, 0.5) is 0 Å². The van der Waals surface area contributed by atoms with Gasteiger partial charge in [0.15, 0.2) is 0 Å². The van der Waals surface area contributed by atoms with Gasteiger partial charge in [0.2, 0.25) is 0 Å². The van der Waals surface area contributed by atoms with E-state index in [4.69, 9.17) is 0 Å². The number of hydrogen-bond donors (Lipinski definition) is 2. The molecule has 0 aromatic rings. The lowest BCUT2D eigenvalue weighted by Gasteiger charge is -2.37. The van der Waals surface area contributed by atoms with Crippen LogP contribution < -0.4 is 5.32 Å². The third kappa shape index (κ3) is 3.25. The molecule has 0 amide bonds. The standard InChI is InChI=1S/C12H25NO/c1-4-13-9-12(3,14)11-7-5-10(2)6-8-11/h10-11,13-14H,4-9H2,1-3H3. The highest BCUT2D eigenvalue weighted by Crippen LogP contribution is 2.34. The molecule has 0 spiro atoms. The minimum absolute atomic E-state index is 0.498. The lowest BCUT2D eigenvalue weighted by atomic mass is 9.74. The summed E-state index contributed by atoms with van der Waals surface area (Å²) in [5.74, 6) is 1.36. The molecule has 1 rings (SSSR count). The summed E-state index contributed by atoms with van der Waals surface area (Å²) >= 11 is 0. The SMILES string of the molecule is CCNCC(C)(O)C1CCC(C)CC1. The molecule has 2 heteroatoms. The van der Waals surface area contributed by atoms with Crippen molar-refractivity contribution in [3.05, 3.63) is 0 Å². The first-order chi connectivity index (χ1) is 6.56. The van der Waals surface area contributed by atoms with E-state index in [2.05, 4.69) is 19.2 Å². The molecule has 0 aromatic carbocycles. The van der Waals surface area contributed by atoms with E-state index >= 15 is 0 Å². The second-order valence-electron chi connectivity index (χ2n) is 5.09. The molecular weight excluding hydrogens is 174 g/mol. The Bertz CT molecular complexity index is 160. The number of likely N-dealkylation sites (N-methyl/N-ethyl adjacent to an activating group) is 1. The maximum absolute atomic E-state index is 10.3. The van der Waals surface area contributed by atoms with E-state index in [1.54, 1.807) is 0 Å². The normalized spacial score (nSPS) is 32.6. The molecule has 1 aliphatic rings. The van der Waals surface area contributed by atoms with Crippen molar-refractivity contribution in [2.75, 3.05) is 13.1 Å². The molecule has 0 aliphatic heterocycles. The van der Waals surface area contributed by atoms with Gasteiger partial charge >= 0.3 is 0 Å². The Labute approximate surface area is 88.1 Å². The predicted molar refractivity (Wildman–Crippen MR) is 60.3 cm³/mol. The topological polar surface area (TPSA) is 32.3 Å². The van der Waals surface area contributed by atoms with Gasteiger partial charge in [-0.05, 0) is 38.1 Å². The van der Waals surface area contributed by atoms with Crippen molar-refractivity contribution in [2.45, 2.75) is 52.1 Å². The van der Waals surface area contributed by atoms with Gasteiger partial charge < -0.3 is 10.4 Å². The van der Waals surface area contributed by atoms with Gasteiger partial charge in [-0.1, -0.05) is 26.7 Å². The van der Waals surface area contributed by atoms with E-state index in [1.807, 2.05) is 6.92 Å². The largest absolute Gasteiger partial charge is 0.389 e. The van der Waals surface area contributed by atoms with E-state index < -0.39 is 5.60 Å². The molecule has 1 aliphatic carbocycles. The Balaban J connectivity index is 2.38. The number of rotatable bonds is 4. The highest BCUT2D eigenvalue weighted by atomic mass is 16.3. The molecule has 1 fully saturated rings. The van der Waals surface area contributed by atoms with Crippen LogP contribution in [0.1, 0.15) is 46.5 Å². The van der Waals surface area contributed by atoms with Gasteiger partial charge in [0.05, 0.1) is 5.60 Å². The van der Waals surface area contributed by atoms with Gasteiger partial charge in [-0.3, -0.25) is 0 Å². The zero-order valence-electron chi connectivity index (χ0n) is 9.84. The Hall–Kier alpha value is -0.0800. The van der Waals surface area contributed by atoms with Crippen molar-refractivity contribution >= 4 is 0 Å². The van der Waals surface area contributed by atoms with Crippen molar-refractivity contribution in [1.82, 2.24) is 5.32 Å². The summed E-state index contributed by atoms with van der Waals surface area (Å²) in [7, 11) is 0. The van der Waals surface area contributed by atoms with Gasteiger partial charge in [0, 0.05) is 6.54 Å². The summed E-state index contributed by atoms with van der Waals surface area (Å²) in [6.07, 6.45) is 4.96. The fourth-order valence-electron chi connectivity index (χ4n) is 2.40. The fourth-order valence-corrected chi connectivity index (χ4v) is 2.40. The monoisotopic (exact) mass is 199 g/mol. The van der Waals surface area contributed by atoms with E-state index in [-0.39, 0.29) is 0 Å². The lowest BCUT2D eigenvalue weighted by Crippen LogP contribution is -2.45. The van der Waals surface area contributed by atoms with E-state index in [9.17, 15) is 5.11 Å². The molecule has 1 unspecified atom stereocenters. The molecule has 84 valence electrons. The van der Waals surface area contributed by atoms with Crippen LogP contribution in [0.2, 0.25) is 0 Å². The molecule has 0 bridgehead atoms. The van der Waals surface area contributed by atoms with Crippen LogP contribution in [0.3, 0.4) is 0 Å². The summed E-state index contributed by atoms with van der Waals surface area (Å²) in [5.41, 5.74) is -0.504. The van der Waals surface area contributed by atoms with E-state index in [1.165, 1.54) is 25.7 Å². The van der Waals surface area contributed by atoms with Crippen LogP contribution in [-0.2, 0) is 0 Å². The van der Waals surface area contributed by atoms with Crippen LogP contribution >= 0.6 is 0 Å². The summed E-state index contributed by atoms with van der Waals surface area (Å²) in [5, 5.41) is 13.5. The molecular formula is C12H25NO. The fraction of sp³-hybridized carbons (Fsp3) is 1.00. The van der Waals surface area contributed by atoms with E-state index in [0.717, 1.165) is 19.0 Å². The average Bonchev–Trinajstić information content (AvgIpc) is 2.16. The molecule has 0 saturated heterocycles. The Kier molecular flexibility index (Phi) is 4.39. The second kappa shape index (κ2) is 5.13. The van der Waals surface area contributed by atoms with Crippen molar-refractivity contribution in [2.24, 2.45) is 11.8 Å². The maximum atomic E-state index is 10.3. The highest BCUT2D eigenvalue weighted by molar-refractivity contribution is 4.87. The Morgan fingerprint density at radius 3 is 2.36 bits per heavy atom. The van der Waals surface area contributed by atoms with Gasteiger partial charge in [-0.2, -0.15) is 0 Å². The molecule has 0 heterocycles. The zero-order chi connectivity index (χ0) is 10.6. The zero-order valence-corrected chi connectivity index (χ0v) is 9.84. The number of aliphatic hydroxyl groups is 1. The number of nitrogens with one attached hydrogen (secondary N) is 1. The predicted octanol–water partition coefficient (Wildman–Crippen LogP) is 2.17. The van der Waals surface area contributed by atoms with Crippen molar-refractivity contribution in [3.8, 4) is 0 Å². The molecule has 1 atom stereocenters. The first kappa shape index (κ1) is 12.0. The Morgan fingerprint density at radius 1 is 1.29 bits per heavy atom. The van der Waals surface area contributed by atoms with Crippen LogP contribution in [0.15, 0.2) is 0 Å². The molecule has 0 aromatic heterocycles. The molecule has 2 N–H and O–H groups in total. The van der Waals surface area contributed by atoms with Crippen LogP contribution in [0.25, 0.3) is 0 Å². The molecule has 2 nitrogen and oxygen atoms in total.